The van der Waals surface area contributed by atoms with Crippen LogP contribution in [0.5, 0.6) is 0 Å². The minimum absolute atomic E-state index is 0.407. The fraction of sp³-hybridized carbons (Fsp3) is 0.933. The number of nitrogens with two attached hydrogens (primary N) is 1. The molecule has 0 aromatic heterocycles. The third-order valence-corrected chi connectivity index (χ3v) is 11.7. The van der Waals surface area contributed by atoms with Crippen molar-refractivity contribution in [1.29, 1.82) is 0 Å². The van der Waals surface area contributed by atoms with Crippen molar-refractivity contribution in [3.63, 3.8) is 0 Å². The zero-order chi connectivity index (χ0) is 22.4. The SMILES string of the molecule is C=CCC1C(N)CC[C@@]2(C)C1CC[C@H]1[C@@H]3CC[C@H]([C@H](C)CCCC(C)C)[C@@]3(C)CC[C@@H]12. The third kappa shape index (κ3) is 4.08. The van der Waals surface area contributed by atoms with E-state index in [1.54, 1.807) is 0 Å². The number of hydrogen-bond acceptors (Lipinski definition) is 1. The quantitative estimate of drug-likeness (QED) is 0.407. The van der Waals surface area contributed by atoms with Gasteiger partial charge in [-0.1, -0.05) is 60.0 Å². The van der Waals surface area contributed by atoms with Crippen LogP contribution in [0.2, 0.25) is 0 Å². The van der Waals surface area contributed by atoms with Crippen LogP contribution in [-0.2, 0) is 0 Å². The van der Waals surface area contributed by atoms with Gasteiger partial charge in [0.25, 0.3) is 0 Å². The first-order chi connectivity index (χ1) is 14.7. The molecule has 4 aliphatic carbocycles. The van der Waals surface area contributed by atoms with Crippen LogP contribution < -0.4 is 5.73 Å². The Hall–Kier alpha value is -0.300. The summed E-state index contributed by atoms with van der Waals surface area (Å²) in [6.07, 6.45) is 19.2. The Labute approximate surface area is 194 Å². The summed E-state index contributed by atoms with van der Waals surface area (Å²) in [7, 11) is 0. The predicted octanol–water partition coefficient (Wildman–Crippen LogP) is 8.24. The topological polar surface area (TPSA) is 26.0 Å². The highest BCUT2D eigenvalue weighted by Gasteiger charge is 2.61. The van der Waals surface area contributed by atoms with Gasteiger partial charge in [0.1, 0.15) is 0 Å². The second-order valence-electron chi connectivity index (χ2n) is 13.5. The van der Waals surface area contributed by atoms with Crippen molar-refractivity contribution in [2.24, 2.45) is 63.9 Å². The monoisotopic (exact) mass is 427 g/mol. The Bertz CT molecular complexity index is 624. The predicted molar refractivity (Wildman–Crippen MR) is 135 cm³/mol. The Morgan fingerprint density at radius 1 is 0.871 bits per heavy atom. The van der Waals surface area contributed by atoms with Crippen LogP contribution in [0.15, 0.2) is 12.7 Å². The highest BCUT2D eigenvalue weighted by atomic mass is 14.7. The first-order valence-corrected chi connectivity index (χ1v) is 14.1. The van der Waals surface area contributed by atoms with Gasteiger partial charge in [-0.2, -0.15) is 0 Å². The first-order valence-electron chi connectivity index (χ1n) is 14.1. The van der Waals surface area contributed by atoms with E-state index in [2.05, 4.69) is 47.3 Å². The van der Waals surface area contributed by atoms with Crippen molar-refractivity contribution in [2.45, 2.75) is 118 Å². The molecule has 1 heteroatoms. The van der Waals surface area contributed by atoms with Crippen molar-refractivity contribution in [3.8, 4) is 0 Å². The van der Waals surface area contributed by atoms with E-state index in [1.165, 1.54) is 70.6 Å². The molecule has 0 aromatic carbocycles. The van der Waals surface area contributed by atoms with E-state index in [4.69, 9.17) is 5.73 Å². The van der Waals surface area contributed by atoms with Crippen LogP contribution in [0, 0.1) is 58.2 Å². The maximum Gasteiger partial charge on any atom is 0.00731 e. The fourth-order valence-electron chi connectivity index (χ4n) is 10.1. The summed E-state index contributed by atoms with van der Waals surface area (Å²) in [5.74, 6) is 7.22. The molecular formula is C30H53N. The number of hydrogen-bond donors (Lipinski definition) is 1. The lowest BCUT2D eigenvalue weighted by molar-refractivity contribution is -0.132. The van der Waals surface area contributed by atoms with E-state index in [1.807, 2.05) is 0 Å². The summed E-state index contributed by atoms with van der Waals surface area (Å²) in [5, 5.41) is 0. The summed E-state index contributed by atoms with van der Waals surface area (Å²) in [5.41, 5.74) is 7.82. The van der Waals surface area contributed by atoms with Gasteiger partial charge in [0.2, 0.25) is 0 Å². The maximum absolute atomic E-state index is 6.67. The van der Waals surface area contributed by atoms with Crippen LogP contribution in [0.1, 0.15) is 112 Å². The molecule has 2 N–H and O–H groups in total. The van der Waals surface area contributed by atoms with Crippen LogP contribution in [-0.4, -0.2) is 6.04 Å². The summed E-state index contributed by atoms with van der Waals surface area (Å²) in [6.45, 7) is 16.9. The highest BCUT2D eigenvalue weighted by molar-refractivity contribution is 5.11. The lowest BCUT2D eigenvalue weighted by Gasteiger charge is -2.63. The van der Waals surface area contributed by atoms with Gasteiger partial charge in [0, 0.05) is 6.04 Å². The Balaban J connectivity index is 1.49. The Morgan fingerprint density at radius 3 is 2.26 bits per heavy atom. The van der Waals surface area contributed by atoms with Gasteiger partial charge in [-0.3, -0.25) is 0 Å². The number of fused-ring (bicyclic) bond motifs is 5. The molecule has 3 unspecified atom stereocenters. The second-order valence-corrected chi connectivity index (χ2v) is 13.5. The summed E-state index contributed by atoms with van der Waals surface area (Å²) < 4.78 is 0. The standard InChI is InChI=1S/C30H53N/c1-7-9-23-26-13-12-22-25-15-14-24(21(4)11-8-10-20(2)3)29(25,5)18-16-27(22)30(26,6)19-17-28(23)31/h7,20-28H,1,8-19,31H2,2-6H3/t21-,22+,23?,24-,25+,26?,27+,28?,29-,30+/m1/s1. The van der Waals surface area contributed by atoms with E-state index in [0.29, 0.717) is 22.8 Å². The molecule has 0 aromatic rings. The Kier molecular flexibility index (Phi) is 7.04. The van der Waals surface area contributed by atoms with Gasteiger partial charge >= 0.3 is 0 Å². The highest BCUT2D eigenvalue weighted by Crippen LogP contribution is 2.69. The smallest absolute Gasteiger partial charge is 0.00731 e. The molecule has 178 valence electrons. The molecule has 0 saturated heterocycles. The van der Waals surface area contributed by atoms with Crippen molar-refractivity contribution < 1.29 is 0 Å². The van der Waals surface area contributed by atoms with Crippen molar-refractivity contribution >= 4 is 0 Å². The Morgan fingerprint density at radius 2 is 1.55 bits per heavy atom. The van der Waals surface area contributed by atoms with E-state index in [9.17, 15) is 0 Å². The lowest BCUT2D eigenvalue weighted by atomic mass is 9.42. The molecule has 4 saturated carbocycles. The van der Waals surface area contributed by atoms with Gasteiger partial charge < -0.3 is 5.73 Å². The van der Waals surface area contributed by atoms with Gasteiger partial charge in [0.05, 0.1) is 0 Å². The average molecular weight is 428 g/mol. The molecular weight excluding hydrogens is 374 g/mol. The molecule has 0 aliphatic heterocycles. The molecule has 1 nitrogen and oxygen atoms in total. The van der Waals surface area contributed by atoms with Gasteiger partial charge in [-0.15, -0.1) is 6.58 Å². The average Bonchev–Trinajstić information content (AvgIpc) is 3.07. The molecule has 31 heavy (non-hydrogen) atoms. The zero-order valence-electron chi connectivity index (χ0n) is 21.5. The molecule has 0 bridgehead atoms. The lowest BCUT2D eigenvalue weighted by Crippen LogP contribution is -2.57. The van der Waals surface area contributed by atoms with Crippen LogP contribution in [0.4, 0.5) is 0 Å². The second kappa shape index (κ2) is 9.15. The molecule has 10 atom stereocenters. The normalized spacial score (nSPS) is 48.0. The molecule has 4 aliphatic rings. The molecule has 4 fully saturated rings. The van der Waals surface area contributed by atoms with Crippen molar-refractivity contribution in [3.05, 3.63) is 12.7 Å². The zero-order valence-corrected chi connectivity index (χ0v) is 21.5. The van der Waals surface area contributed by atoms with Gasteiger partial charge in [-0.25, -0.2) is 0 Å². The largest absolute Gasteiger partial charge is 0.327 e. The van der Waals surface area contributed by atoms with Crippen LogP contribution in [0.25, 0.3) is 0 Å². The van der Waals surface area contributed by atoms with E-state index < -0.39 is 0 Å². The van der Waals surface area contributed by atoms with Crippen LogP contribution in [0.3, 0.4) is 0 Å². The van der Waals surface area contributed by atoms with Gasteiger partial charge in [-0.05, 0) is 116 Å². The summed E-state index contributed by atoms with van der Waals surface area (Å²) in [4.78, 5) is 0. The van der Waals surface area contributed by atoms with Gasteiger partial charge in [0.15, 0.2) is 0 Å². The van der Waals surface area contributed by atoms with E-state index in [0.717, 1.165) is 47.8 Å². The third-order valence-electron chi connectivity index (χ3n) is 11.7. The van der Waals surface area contributed by atoms with Crippen LogP contribution >= 0.6 is 0 Å². The van der Waals surface area contributed by atoms with Crippen molar-refractivity contribution in [1.82, 2.24) is 0 Å². The molecule has 0 amide bonds. The molecule has 4 rings (SSSR count). The minimum Gasteiger partial charge on any atom is -0.327 e. The van der Waals surface area contributed by atoms with E-state index >= 15 is 0 Å². The fourth-order valence-corrected chi connectivity index (χ4v) is 10.1. The molecule has 0 spiro atoms. The van der Waals surface area contributed by atoms with E-state index in [-0.39, 0.29) is 0 Å². The summed E-state index contributed by atoms with van der Waals surface area (Å²) >= 11 is 0. The molecule has 0 radical (unpaired) electrons. The van der Waals surface area contributed by atoms with Crippen molar-refractivity contribution in [2.75, 3.05) is 0 Å². The minimum atomic E-state index is 0.407. The molecule has 0 heterocycles. The first kappa shape index (κ1) is 23.8. The summed E-state index contributed by atoms with van der Waals surface area (Å²) in [6, 6.07) is 0.407. The maximum atomic E-state index is 6.67. The number of allylic oxidation sites excluding steroid dienone is 1. The number of rotatable bonds is 7.